The number of anilines is 1. The van der Waals surface area contributed by atoms with Crippen molar-refractivity contribution in [2.24, 2.45) is 0 Å². The molecular formula is C4H4Cl3N3. The molecule has 0 unspecified atom stereocenters. The topological polar surface area (TPSA) is 54.7 Å². The third kappa shape index (κ3) is 1.48. The third-order valence-electron chi connectivity index (χ3n) is 0.974. The highest BCUT2D eigenvalue weighted by Gasteiger charge is 2.26. The number of rotatable bonds is 0. The molecule has 0 saturated heterocycles. The van der Waals surface area contributed by atoms with E-state index in [1.807, 2.05) is 0 Å². The van der Waals surface area contributed by atoms with Crippen LogP contribution in [0.2, 0.25) is 0 Å². The Balaban J connectivity index is 3.05. The first kappa shape index (κ1) is 7.98. The number of nitrogens with zero attached hydrogens (tertiary/aromatic N) is 1. The van der Waals surface area contributed by atoms with Gasteiger partial charge in [-0.3, -0.25) is 5.10 Å². The smallest absolute Gasteiger partial charge is 0.221 e. The summed E-state index contributed by atoms with van der Waals surface area (Å²) in [6.45, 7) is 0. The zero-order valence-corrected chi connectivity index (χ0v) is 7.00. The highest BCUT2D eigenvalue weighted by atomic mass is 35.6. The zero-order chi connectivity index (χ0) is 7.78. The van der Waals surface area contributed by atoms with Crippen molar-refractivity contribution >= 4 is 40.6 Å². The third-order valence-corrected chi connectivity index (χ3v) is 1.59. The number of hydrogen-bond acceptors (Lipinski definition) is 2. The van der Waals surface area contributed by atoms with Crippen molar-refractivity contribution in [3.05, 3.63) is 11.8 Å². The van der Waals surface area contributed by atoms with Gasteiger partial charge in [-0.05, 0) is 0 Å². The molecule has 56 valence electrons. The lowest BCUT2D eigenvalue weighted by Gasteiger charge is -2.07. The molecule has 3 nitrogen and oxygen atoms in total. The average Bonchev–Trinajstić information content (AvgIpc) is 2.11. The minimum absolute atomic E-state index is 0.278. The quantitative estimate of drug-likeness (QED) is 0.628. The van der Waals surface area contributed by atoms with Gasteiger partial charge in [0, 0.05) is 0 Å². The van der Waals surface area contributed by atoms with Gasteiger partial charge in [0.2, 0.25) is 3.79 Å². The van der Waals surface area contributed by atoms with Gasteiger partial charge in [-0.25, -0.2) is 0 Å². The van der Waals surface area contributed by atoms with E-state index in [0.29, 0.717) is 5.56 Å². The molecule has 10 heavy (non-hydrogen) atoms. The summed E-state index contributed by atoms with van der Waals surface area (Å²) in [7, 11) is 0. The van der Waals surface area contributed by atoms with Gasteiger partial charge in [-0.15, -0.1) is 0 Å². The maximum Gasteiger partial charge on any atom is 0.221 e. The van der Waals surface area contributed by atoms with Crippen LogP contribution in [0.1, 0.15) is 5.56 Å². The highest BCUT2D eigenvalue weighted by molar-refractivity contribution is 6.67. The molecule has 1 heterocycles. The molecule has 0 fully saturated rings. The summed E-state index contributed by atoms with van der Waals surface area (Å²) in [6, 6.07) is 0. The largest absolute Gasteiger partial charge is 0.384 e. The number of halogens is 3. The van der Waals surface area contributed by atoms with Crippen molar-refractivity contribution in [3.63, 3.8) is 0 Å². The van der Waals surface area contributed by atoms with E-state index in [2.05, 4.69) is 10.2 Å². The first-order valence-corrected chi connectivity index (χ1v) is 3.51. The van der Waals surface area contributed by atoms with Gasteiger partial charge >= 0.3 is 0 Å². The predicted molar refractivity (Wildman–Crippen MR) is 42.2 cm³/mol. The van der Waals surface area contributed by atoms with E-state index in [0.717, 1.165) is 0 Å². The van der Waals surface area contributed by atoms with Gasteiger partial charge in [0.15, 0.2) is 0 Å². The highest BCUT2D eigenvalue weighted by Crippen LogP contribution is 2.39. The molecule has 3 N–H and O–H groups in total. The fourth-order valence-electron chi connectivity index (χ4n) is 0.522. The maximum atomic E-state index is 5.50. The number of nitrogen functional groups attached to an aromatic ring is 1. The molecule has 0 aromatic carbocycles. The van der Waals surface area contributed by atoms with Gasteiger partial charge < -0.3 is 5.73 Å². The van der Waals surface area contributed by atoms with Crippen LogP contribution >= 0.6 is 34.8 Å². The van der Waals surface area contributed by atoms with Crippen LogP contribution in [0.4, 0.5) is 5.82 Å². The fourth-order valence-corrected chi connectivity index (χ4v) is 0.974. The normalized spacial score (nSPS) is 11.9. The van der Waals surface area contributed by atoms with Crippen LogP contribution in [0.5, 0.6) is 0 Å². The molecule has 0 atom stereocenters. The van der Waals surface area contributed by atoms with E-state index in [9.17, 15) is 0 Å². The molecule has 0 aliphatic rings. The first-order valence-electron chi connectivity index (χ1n) is 2.38. The monoisotopic (exact) mass is 199 g/mol. The number of H-pyrrole nitrogens is 1. The number of aromatic amines is 1. The van der Waals surface area contributed by atoms with Crippen LogP contribution in [0, 0.1) is 0 Å². The van der Waals surface area contributed by atoms with Crippen LogP contribution in [-0.4, -0.2) is 10.2 Å². The van der Waals surface area contributed by atoms with Crippen LogP contribution in [0.3, 0.4) is 0 Å². The molecule has 0 bridgehead atoms. The van der Waals surface area contributed by atoms with E-state index in [1.54, 1.807) is 0 Å². The molecule has 6 heteroatoms. The molecule has 0 aliphatic carbocycles. The van der Waals surface area contributed by atoms with E-state index in [-0.39, 0.29) is 5.82 Å². The van der Waals surface area contributed by atoms with Crippen LogP contribution in [-0.2, 0) is 3.79 Å². The molecule has 0 spiro atoms. The van der Waals surface area contributed by atoms with Crippen molar-refractivity contribution in [3.8, 4) is 0 Å². The molecule has 0 radical (unpaired) electrons. The van der Waals surface area contributed by atoms with Crippen LogP contribution in [0.25, 0.3) is 0 Å². The second kappa shape index (κ2) is 2.49. The Hall–Kier alpha value is -0.120. The summed E-state index contributed by atoms with van der Waals surface area (Å²) in [4.78, 5) is 0. The van der Waals surface area contributed by atoms with Gasteiger partial charge in [-0.2, -0.15) is 5.10 Å². The molecule has 0 aliphatic heterocycles. The van der Waals surface area contributed by atoms with E-state index >= 15 is 0 Å². The van der Waals surface area contributed by atoms with Crippen molar-refractivity contribution < 1.29 is 0 Å². The van der Waals surface area contributed by atoms with E-state index < -0.39 is 3.79 Å². The van der Waals surface area contributed by atoms with Gasteiger partial charge in [-0.1, -0.05) is 34.8 Å². The maximum absolute atomic E-state index is 5.50. The lowest BCUT2D eigenvalue weighted by molar-refractivity contribution is 1.10. The van der Waals surface area contributed by atoms with Crippen LogP contribution in [0.15, 0.2) is 6.20 Å². The van der Waals surface area contributed by atoms with E-state index in [1.165, 1.54) is 6.20 Å². The number of alkyl halides is 3. The lowest BCUT2D eigenvalue weighted by Crippen LogP contribution is -2.02. The fraction of sp³-hybridized carbons (Fsp3) is 0.250. The summed E-state index contributed by atoms with van der Waals surface area (Å²) in [5.41, 5.74) is 5.73. The SMILES string of the molecule is Nc1[nH]ncc1C(Cl)(Cl)Cl. The van der Waals surface area contributed by atoms with Crippen molar-refractivity contribution in [1.82, 2.24) is 10.2 Å². The summed E-state index contributed by atoms with van der Waals surface area (Å²) in [5, 5.41) is 6.03. The number of hydrogen-bond donors (Lipinski definition) is 2. The van der Waals surface area contributed by atoms with Crippen molar-refractivity contribution in [1.29, 1.82) is 0 Å². The molecule has 0 saturated carbocycles. The number of nitrogens with one attached hydrogen (secondary N) is 1. The first-order chi connectivity index (χ1) is 4.52. The predicted octanol–water partition coefficient (Wildman–Crippen LogP) is 1.82. The minimum atomic E-state index is -1.49. The molecular weight excluding hydrogens is 196 g/mol. The Morgan fingerprint density at radius 3 is 2.30 bits per heavy atom. The minimum Gasteiger partial charge on any atom is -0.384 e. The Bertz CT molecular complexity index is 226. The molecule has 1 rings (SSSR count). The summed E-state index contributed by atoms with van der Waals surface area (Å²) >= 11 is 16.5. The second-order valence-electron chi connectivity index (χ2n) is 1.70. The lowest BCUT2D eigenvalue weighted by atomic mass is 10.4. The standard InChI is InChI=1S/C4H4Cl3N3/c5-4(6,7)2-1-9-10-3(2)8/h1H,(H3,8,9,10). The Morgan fingerprint density at radius 2 is 2.10 bits per heavy atom. The summed E-state index contributed by atoms with van der Waals surface area (Å²) < 4.78 is -1.49. The summed E-state index contributed by atoms with van der Waals surface area (Å²) in [6.07, 6.45) is 1.38. The molecule has 0 amide bonds. The number of aromatic nitrogens is 2. The molecule has 1 aromatic rings. The zero-order valence-electron chi connectivity index (χ0n) is 4.74. The molecule has 1 aromatic heterocycles. The van der Waals surface area contributed by atoms with Gasteiger partial charge in [0.25, 0.3) is 0 Å². The van der Waals surface area contributed by atoms with Gasteiger partial charge in [0.1, 0.15) is 5.82 Å². The Morgan fingerprint density at radius 1 is 1.50 bits per heavy atom. The average molecular weight is 200 g/mol. The number of nitrogens with two attached hydrogens (primary N) is 1. The second-order valence-corrected chi connectivity index (χ2v) is 3.98. The van der Waals surface area contributed by atoms with Gasteiger partial charge in [0.05, 0.1) is 11.8 Å². The van der Waals surface area contributed by atoms with Crippen molar-refractivity contribution in [2.45, 2.75) is 3.79 Å². The Labute approximate surface area is 72.4 Å². The Kier molecular flexibility index (Phi) is 1.99. The summed E-state index contributed by atoms with van der Waals surface area (Å²) in [5.74, 6) is 0.278. The van der Waals surface area contributed by atoms with Crippen LogP contribution < -0.4 is 5.73 Å². The van der Waals surface area contributed by atoms with Crippen molar-refractivity contribution in [2.75, 3.05) is 5.73 Å². The van der Waals surface area contributed by atoms with E-state index in [4.69, 9.17) is 40.5 Å².